The topological polar surface area (TPSA) is 161 Å². The quantitative estimate of drug-likeness (QED) is 0.128. The van der Waals surface area contributed by atoms with E-state index in [1.54, 1.807) is 53.4 Å². The molecule has 2 N–H and O–H groups in total. The fourth-order valence-corrected chi connectivity index (χ4v) is 7.82. The number of aromatic nitrogens is 6. The second kappa shape index (κ2) is 25.0. The number of thiophene rings is 1. The number of aryl methyl sites for hydroxylation is 2. The minimum atomic E-state index is -0.681. The second-order valence-electron chi connectivity index (χ2n) is 14.9. The third-order valence-corrected chi connectivity index (χ3v) is 11.3. The smallest absolute Gasteiger partial charge is 0.325 e. The first kappa shape index (κ1) is 54.3. The molecule has 0 saturated heterocycles. The number of hydrogen-bond donors (Lipinski definition) is 2. The molecule has 2 aromatic carbocycles. The first-order valence-electron chi connectivity index (χ1n) is 22.6. The fourth-order valence-electron chi connectivity index (χ4n) is 7.16. The van der Waals surface area contributed by atoms with Gasteiger partial charge in [0.15, 0.2) is 22.7 Å². The van der Waals surface area contributed by atoms with Gasteiger partial charge in [0.1, 0.15) is 24.2 Å². The van der Waals surface area contributed by atoms with E-state index in [9.17, 15) is 24.0 Å². The van der Waals surface area contributed by atoms with Crippen LogP contribution in [0.5, 0.6) is 0 Å². The number of anilines is 3. The lowest BCUT2D eigenvalue weighted by molar-refractivity contribution is -0.120. The zero-order valence-corrected chi connectivity index (χ0v) is 42.6. The van der Waals surface area contributed by atoms with Crippen molar-refractivity contribution in [2.75, 3.05) is 29.6 Å². The van der Waals surface area contributed by atoms with E-state index in [2.05, 4.69) is 38.6 Å². The van der Waals surface area contributed by atoms with E-state index in [-0.39, 0.29) is 41.3 Å². The Labute approximate surface area is 398 Å². The van der Waals surface area contributed by atoms with Crippen LogP contribution in [0.3, 0.4) is 0 Å². The Hall–Kier alpha value is -7.07. The lowest BCUT2D eigenvalue weighted by Gasteiger charge is -2.32. The van der Waals surface area contributed by atoms with Gasteiger partial charge in [0.2, 0.25) is 11.8 Å². The first-order chi connectivity index (χ1) is 32.1. The van der Waals surface area contributed by atoms with Gasteiger partial charge in [-0.3, -0.25) is 33.2 Å². The summed E-state index contributed by atoms with van der Waals surface area (Å²) >= 11 is 1.65. The zero-order valence-electron chi connectivity index (χ0n) is 41.8. The van der Waals surface area contributed by atoms with Crippen molar-refractivity contribution in [1.82, 2.24) is 33.1 Å². The number of benzene rings is 2. The molecule has 358 valence electrons. The summed E-state index contributed by atoms with van der Waals surface area (Å²) in [5.41, 5.74) is 5.69. The van der Waals surface area contributed by atoms with Crippen molar-refractivity contribution >= 4 is 63.0 Å². The van der Waals surface area contributed by atoms with Crippen molar-refractivity contribution in [3.8, 4) is 11.1 Å². The fraction of sp³-hybridized carbons (Fsp3) is 0.353. The lowest BCUT2D eigenvalue weighted by Crippen LogP contribution is -2.41. The average molecular weight is 933 g/mol. The summed E-state index contributed by atoms with van der Waals surface area (Å²) in [6, 6.07) is 16.7. The van der Waals surface area contributed by atoms with Gasteiger partial charge in [-0.05, 0) is 90.0 Å². The van der Waals surface area contributed by atoms with Crippen LogP contribution in [0.15, 0.2) is 112 Å². The predicted octanol–water partition coefficient (Wildman–Crippen LogP) is 9.88. The molecular weight excluding hydrogens is 865 g/mol. The van der Waals surface area contributed by atoms with Gasteiger partial charge in [0, 0.05) is 39.6 Å². The molecule has 0 saturated carbocycles. The molecule has 4 aromatic heterocycles. The van der Waals surface area contributed by atoms with Gasteiger partial charge in [-0.25, -0.2) is 14.8 Å². The summed E-state index contributed by atoms with van der Waals surface area (Å²) in [7, 11) is 6.43. The van der Waals surface area contributed by atoms with Gasteiger partial charge >= 0.3 is 5.69 Å². The van der Waals surface area contributed by atoms with E-state index < -0.39 is 17.3 Å². The first-order valence-corrected chi connectivity index (χ1v) is 23.5. The number of rotatable bonds is 10. The van der Waals surface area contributed by atoms with Crippen LogP contribution in [0, 0.1) is 12.8 Å². The van der Waals surface area contributed by atoms with Crippen LogP contribution in [0.2, 0.25) is 0 Å². The monoisotopic (exact) mass is 933 g/mol. The molecule has 0 fully saturated rings. The highest BCUT2D eigenvalue weighted by atomic mass is 32.1. The van der Waals surface area contributed by atoms with Crippen LogP contribution in [0.1, 0.15) is 97.2 Å². The Morgan fingerprint density at radius 2 is 1.40 bits per heavy atom. The minimum Gasteiger partial charge on any atom is -0.325 e. The van der Waals surface area contributed by atoms with Gasteiger partial charge in [-0.15, -0.1) is 0 Å². The van der Waals surface area contributed by atoms with E-state index in [0.29, 0.717) is 34.5 Å². The van der Waals surface area contributed by atoms with E-state index in [1.807, 2.05) is 141 Å². The molecule has 1 unspecified atom stereocenters. The summed E-state index contributed by atoms with van der Waals surface area (Å²) in [5, 5.41) is 9.96. The van der Waals surface area contributed by atoms with Gasteiger partial charge in [0.05, 0.1) is 6.33 Å². The van der Waals surface area contributed by atoms with Gasteiger partial charge < -0.3 is 24.7 Å². The van der Waals surface area contributed by atoms with Crippen LogP contribution in [-0.4, -0.2) is 65.0 Å². The molecule has 16 heteroatoms. The average Bonchev–Trinajstić information content (AvgIpc) is 4.11. The van der Waals surface area contributed by atoms with Crippen molar-refractivity contribution in [2.45, 2.75) is 88.7 Å². The van der Waals surface area contributed by atoms with Crippen LogP contribution in [0.25, 0.3) is 27.9 Å². The summed E-state index contributed by atoms with van der Waals surface area (Å²) in [6.07, 6.45) is 7.49. The Balaban J connectivity index is 0.000000321. The van der Waals surface area contributed by atoms with Crippen molar-refractivity contribution in [2.24, 2.45) is 20.0 Å². The van der Waals surface area contributed by atoms with E-state index in [0.717, 1.165) is 26.8 Å². The summed E-state index contributed by atoms with van der Waals surface area (Å²) in [4.78, 5) is 75.6. The van der Waals surface area contributed by atoms with Gasteiger partial charge in [-0.2, -0.15) is 11.3 Å². The van der Waals surface area contributed by atoms with Crippen molar-refractivity contribution in [3.63, 3.8) is 0 Å². The molecule has 1 atom stereocenters. The third-order valence-electron chi connectivity index (χ3n) is 10.6. The van der Waals surface area contributed by atoms with Gasteiger partial charge in [0.25, 0.3) is 11.5 Å². The number of carbonyl (C=O) groups is 3. The van der Waals surface area contributed by atoms with Gasteiger partial charge in [-0.1, -0.05) is 104 Å². The molecule has 5 heterocycles. The number of carbonyl (C=O) groups excluding carboxylic acids is 3. The van der Waals surface area contributed by atoms with Crippen LogP contribution in [-0.2, 0) is 30.2 Å². The molecule has 0 spiro atoms. The SMILES string of the molecule is C/C=C\C(=C/C)c1ccc(NC(=O)C(C(C)C)n2cnc3c2c(=O)n(C)c(=O)n3C)cc1.C=C1N(C)C(=O)c2c(nc(C)n2CC(=O)Nc2ccc(-c3ccsc3)cc2)N1C.CC.CC.CC. The number of nitrogens with zero attached hydrogens (tertiary/aromatic N) is 8. The number of amides is 3. The molecule has 3 amide bonds. The summed E-state index contributed by atoms with van der Waals surface area (Å²) < 4.78 is 5.55. The normalized spacial score (nSPS) is 12.5. The highest BCUT2D eigenvalue weighted by Gasteiger charge is 2.35. The summed E-state index contributed by atoms with van der Waals surface area (Å²) in [5.74, 6) is 0.823. The molecule has 7 rings (SSSR count). The number of allylic oxidation sites excluding steroid dienone is 4. The van der Waals surface area contributed by atoms with Crippen LogP contribution >= 0.6 is 11.3 Å². The maximum absolute atomic E-state index is 13.3. The molecule has 67 heavy (non-hydrogen) atoms. The molecule has 0 aliphatic carbocycles. The largest absolute Gasteiger partial charge is 0.332 e. The molecule has 6 aromatic rings. The Morgan fingerprint density at radius 3 is 1.96 bits per heavy atom. The maximum atomic E-state index is 13.3. The minimum absolute atomic E-state index is 0.000342. The maximum Gasteiger partial charge on any atom is 0.332 e. The molecule has 0 radical (unpaired) electrons. The molecule has 1 aliphatic heterocycles. The standard InChI is InChI=1S/C24H29N5O3.C21H21N5O2S.3C2H6/c1-7-9-16(8-2)17-10-12-18(13-11-17)26-22(30)19(15(3)4)29-14-25-21-20(29)23(31)28(6)24(32)27(21)5;1-13-22-20-19(21(28)25(4)14(2)24(20)3)26(13)11-18(27)23-17-7-5-15(6-8-17)16-9-10-29-12-16;3*1-2/h7-15,19H,1-6H3,(H,26,30);5-10,12H,2,11H2,1,3-4H3,(H,23,27);3*1-2H3/b9-7-,16-8+;;;;. The highest BCUT2D eigenvalue weighted by Crippen LogP contribution is 2.31. The highest BCUT2D eigenvalue weighted by molar-refractivity contribution is 7.08. The number of hydrogen-bond acceptors (Lipinski definition) is 9. The third kappa shape index (κ3) is 12.0. The van der Waals surface area contributed by atoms with Crippen LogP contribution in [0.4, 0.5) is 17.2 Å². The second-order valence-corrected chi connectivity index (χ2v) is 15.7. The van der Waals surface area contributed by atoms with E-state index >= 15 is 0 Å². The van der Waals surface area contributed by atoms with Crippen molar-refractivity contribution in [1.29, 1.82) is 0 Å². The van der Waals surface area contributed by atoms with E-state index in [1.165, 1.54) is 22.8 Å². The molecule has 0 bridgehead atoms. The number of nitrogens with one attached hydrogen (secondary N) is 2. The number of imidazole rings is 2. The predicted molar refractivity (Wildman–Crippen MR) is 277 cm³/mol. The number of fused-ring (bicyclic) bond motifs is 2. The molecule has 15 nitrogen and oxygen atoms in total. The Bertz CT molecular complexity index is 2810. The van der Waals surface area contributed by atoms with Crippen molar-refractivity contribution < 1.29 is 14.4 Å². The lowest BCUT2D eigenvalue weighted by atomic mass is 10.0. The zero-order chi connectivity index (χ0) is 50.3. The summed E-state index contributed by atoms with van der Waals surface area (Å²) in [6.45, 7) is 25.4. The van der Waals surface area contributed by atoms with Crippen molar-refractivity contribution in [3.05, 3.63) is 140 Å². The Morgan fingerprint density at radius 1 is 0.806 bits per heavy atom. The Kier molecular flexibility index (Phi) is 20.3. The molecule has 1 aliphatic rings. The van der Waals surface area contributed by atoms with E-state index in [4.69, 9.17) is 0 Å². The molecular formula is C51H68N10O5S. The van der Waals surface area contributed by atoms with Crippen LogP contribution < -0.4 is 26.8 Å².